The molecule has 0 N–H and O–H groups in total. The molecule has 1 aliphatic heterocycles. The number of amides is 3. The van der Waals surface area contributed by atoms with Gasteiger partial charge >= 0.3 is 6.03 Å². The van der Waals surface area contributed by atoms with Crippen molar-refractivity contribution in [2.24, 2.45) is 0 Å². The van der Waals surface area contributed by atoms with E-state index < -0.39 is 81.6 Å². The molecule has 0 spiro atoms. The first-order chi connectivity index (χ1) is 21.9. The van der Waals surface area contributed by atoms with Crippen molar-refractivity contribution in [3.05, 3.63) is 142 Å². The summed E-state index contributed by atoms with van der Waals surface area (Å²) in [6.45, 7) is 0. The van der Waals surface area contributed by atoms with E-state index in [-0.39, 0.29) is 22.5 Å². The van der Waals surface area contributed by atoms with Crippen molar-refractivity contribution in [1.82, 2.24) is 0 Å². The maximum atomic E-state index is 14.4. The standard InChI is InChI=1S/C29H14N6O10S/c36-27-26(28(46)31(16-9-5-2-6-10-16)29(37)30(27)15-7-3-1-4-8-15)23-19-11-17(32(38)39)13-21(34(42)43)24(19)25-20(23)12-18(33(40)41)14-22(25)35(44)45/h1-14H. The molecule has 1 saturated heterocycles. The Balaban J connectivity index is 1.81. The van der Waals surface area contributed by atoms with Crippen molar-refractivity contribution >= 4 is 68.8 Å². The lowest BCUT2D eigenvalue weighted by Gasteiger charge is -2.36. The topological polar surface area (TPSA) is 213 Å². The zero-order valence-corrected chi connectivity index (χ0v) is 23.6. The minimum atomic E-state index is -1.08. The summed E-state index contributed by atoms with van der Waals surface area (Å²) in [6, 6.07) is 17.4. The van der Waals surface area contributed by atoms with Gasteiger partial charge in [0.1, 0.15) is 4.99 Å². The van der Waals surface area contributed by atoms with E-state index in [4.69, 9.17) is 12.2 Å². The van der Waals surface area contributed by atoms with Crippen LogP contribution in [0.15, 0.2) is 90.5 Å². The lowest BCUT2D eigenvalue weighted by atomic mass is 9.94. The molecule has 2 aliphatic rings. The van der Waals surface area contributed by atoms with Crippen molar-refractivity contribution in [2.75, 3.05) is 9.80 Å². The van der Waals surface area contributed by atoms with E-state index in [0.29, 0.717) is 12.1 Å². The van der Waals surface area contributed by atoms with Gasteiger partial charge in [-0.1, -0.05) is 48.6 Å². The Morgan fingerprint density at radius 2 is 0.957 bits per heavy atom. The Labute approximate surface area is 261 Å². The molecule has 1 aliphatic carbocycles. The summed E-state index contributed by atoms with van der Waals surface area (Å²) in [5.41, 5.74) is -5.85. The van der Waals surface area contributed by atoms with Crippen molar-refractivity contribution in [1.29, 1.82) is 0 Å². The average molecular weight is 639 g/mol. The van der Waals surface area contributed by atoms with Crippen LogP contribution in [0.25, 0.3) is 16.7 Å². The smallest absolute Gasteiger partial charge is 0.268 e. The van der Waals surface area contributed by atoms with Gasteiger partial charge in [-0.3, -0.25) is 50.2 Å². The van der Waals surface area contributed by atoms with Crippen LogP contribution in [0.1, 0.15) is 11.1 Å². The first kappa shape index (κ1) is 29.3. The molecule has 1 heterocycles. The van der Waals surface area contributed by atoms with E-state index in [1.165, 1.54) is 24.3 Å². The molecule has 0 saturated carbocycles. The molecular formula is C29H14N6O10S. The molecule has 16 nitrogen and oxygen atoms in total. The Hall–Kier alpha value is -6.75. The summed E-state index contributed by atoms with van der Waals surface area (Å²) in [6.07, 6.45) is 0. The van der Waals surface area contributed by atoms with Gasteiger partial charge in [-0.05, 0) is 24.3 Å². The Kier molecular flexibility index (Phi) is 6.86. The number of carbonyl (C=O) groups excluding carboxylic acids is 2. The van der Waals surface area contributed by atoms with Crippen LogP contribution in [0.3, 0.4) is 0 Å². The number of hydrogen-bond donors (Lipinski definition) is 0. The molecule has 0 atom stereocenters. The first-order valence-corrected chi connectivity index (χ1v) is 13.3. The maximum Gasteiger partial charge on any atom is 0.341 e. The lowest BCUT2D eigenvalue weighted by Crippen LogP contribution is -2.56. The number of nitrogens with zero attached hydrogens (tertiary/aromatic N) is 6. The molecule has 0 radical (unpaired) electrons. The molecule has 17 heteroatoms. The number of imide groups is 1. The fourth-order valence-electron chi connectivity index (χ4n) is 5.47. The number of benzene rings is 4. The van der Waals surface area contributed by atoms with Crippen LogP contribution in [0.5, 0.6) is 0 Å². The molecule has 3 amide bonds. The molecular weight excluding hydrogens is 624 g/mol. The molecule has 0 aromatic heterocycles. The second kappa shape index (κ2) is 10.8. The van der Waals surface area contributed by atoms with E-state index in [2.05, 4.69) is 0 Å². The largest absolute Gasteiger partial charge is 0.341 e. The second-order valence-electron chi connectivity index (χ2n) is 9.79. The predicted octanol–water partition coefficient (Wildman–Crippen LogP) is 6.10. The molecule has 4 aromatic rings. The van der Waals surface area contributed by atoms with Crippen LogP contribution in [0, 0.1) is 40.5 Å². The third kappa shape index (κ3) is 4.42. The average Bonchev–Trinajstić information content (AvgIpc) is 3.34. The molecule has 1 fully saturated rings. The zero-order chi connectivity index (χ0) is 33.0. The first-order valence-electron chi connectivity index (χ1n) is 12.9. The molecule has 4 aromatic carbocycles. The minimum absolute atomic E-state index is 0.0764. The lowest BCUT2D eigenvalue weighted by molar-refractivity contribution is -0.395. The molecule has 226 valence electrons. The zero-order valence-electron chi connectivity index (χ0n) is 22.8. The number of hydrogen-bond acceptors (Lipinski definition) is 11. The number of para-hydroxylation sites is 2. The Morgan fingerprint density at radius 1 is 0.543 bits per heavy atom. The normalized spacial score (nSPS) is 13.9. The highest BCUT2D eigenvalue weighted by molar-refractivity contribution is 7.81. The van der Waals surface area contributed by atoms with E-state index in [1.807, 2.05) is 0 Å². The Bertz CT molecular complexity index is 1990. The fourth-order valence-corrected chi connectivity index (χ4v) is 5.84. The fraction of sp³-hybridized carbons (Fsp3) is 0. The van der Waals surface area contributed by atoms with Gasteiger partial charge in [-0.15, -0.1) is 0 Å². The van der Waals surface area contributed by atoms with Crippen LogP contribution < -0.4 is 9.80 Å². The molecule has 6 rings (SSSR count). The van der Waals surface area contributed by atoms with E-state index in [1.54, 1.807) is 36.4 Å². The summed E-state index contributed by atoms with van der Waals surface area (Å²) in [4.78, 5) is 74.1. The highest BCUT2D eigenvalue weighted by Gasteiger charge is 2.48. The van der Waals surface area contributed by atoms with E-state index in [9.17, 15) is 50.0 Å². The second-order valence-corrected chi connectivity index (χ2v) is 10.2. The van der Waals surface area contributed by atoms with Gasteiger partial charge in [0, 0.05) is 28.8 Å². The van der Waals surface area contributed by atoms with Crippen molar-refractivity contribution in [3.63, 3.8) is 0 Å². The van der Waals surface area contributed by atoms with Gasteiger partial charge in [0.05, 0.1) is 59.9 Å². The van der Waals surface area contributed by atoms with E-state index >= 15 is 0 Å². The number of urea groups is 1. The van der Waals surface area contributed by atoms with Crippen molar-refractivity contribution in [2.45, 2.75) is 0 Å². The highest BCUT2D eigenvalue weighted by Crippen LogP contribution is 2.56. The van der Waals surface area contributed by atoms with Crippen molar-refractivity contribution < 1.29 is 29.3 Å². The summed E-state index contributed by atoms with van der Waals surface area (Å²) < 4.78 is 0. The monoisotopic (exact) mass is 638 g/mol. The number of nitro benzene ring substituents is 4. The van der Waals surface area contributed by atoms with Gasteiger partial charge in [-0.25, -0.2) is 9.69 Å². The van der Waals surface area contributed by atoms with Crippen LogP contribution in [0.2, 0.25) is 0 Å². The van der Waals surface area contributed by atoms with E-state index in [0.717, 1.165) is 21.9 Å². The maximum absolute atomic E-state index is 14.4. The van der Waals surface area contributed by atoms with Gasteiger partial charge < -0.3 is 0 Å². The quantitative estimate of drug-likeness (QED) is 0.0896. The summed E-state index contributed by atoms with van der Waals surface area (Å²) in [5.74, 6) is -1.08. The number of non-ortho nitro benzene ring substituents is 2. The number of fused-ring (bicyclic) bond motifs is 3. The summed E-state index contributed by atoms with van der Waals surface area (Å²) in [5, 5.41) is 48.4. The molecule has 46 heavy (non-hydrogen) atoms. The van der Waals surface area contributed by atoms with Crippen molar-refractivity contribution in [3.8, 4) is 11.1 Å². The number of carbonyl (C=O) groups is 2. The van der Waals surface area contributed by atoms with Crippen LogP contribution in [-0.2, 0) is 4.79 Å². The van der Waals surface area contributed by atoms with Gasteiger partial charge in [-0.2, -0.15) is 0 Å². The minimum Gasteiger partial charge on any atom is -0.268 e. The summed E-state index contributed by atoms with van der Waals surface area (Å²) in [7, 11) is 0. The van der Waals surface area contributed by atoms with Gasteiger partial charge in [0.15, 0.2) is 0 Å². The SMILES string of the molecule is O=C1C(=C2c3cc([N+](=O)[O-])cc([N+](=O)[O-])c3-c3c2cc([N+](=O)[O-])cc3[N+](=O)[O-])C(=S)N(c2ccccc2)C(=O)N1c1ccccc1. The molecule has 0 bridgehead atoms. The van der Waals surface area contributed by atoms with Crippen LogP contribution >= 0.6 is 12.2 Å². The Morgan fingerprint density at radius 3 is 1.35 bits per heavy atom. The third-order valence-electron chi connectivity index (χ3n) is 7.30. The molecule has 0 unspecified atom stereocenters. The number of nitro groups is 4. The van der Waals surface area contributed by atoms with Gasteiger partial charge in [0.2, 0.25) is 0 Å². The predicted molar refractivity (Wildman–Crippen MR) is 165 cm³/mol. The number of thiocarbonyl (C=S) groups is 1. The van der Waals surface area contributed by atoms with Gasteiger partial charge in [0.25, 0.3) is 28.7 Å². The van der Waals surface area contributed by atoms with Crippen LogP contribution in [-0.4, -0.2) is 36.6 Å². The highest BCUT2D eigenvalue weighted by atomic mass is 32.1. The number of anilines is 2. The number of rotatable bonds is 6. The summed E-state index contributed by atoms with van der Waals surface area (Å²) >= 11 is 5.68. The van der Waals surface area contributed by atoms with Crippen LogP contribution in [0.4, 0.5) is 38.9 Å². The third-order valence-corrected chi connectivity index (χ3v) is 7.69.